The molecule has 0 amide bonds. The molecule has 0 N–H and O–H groups in total. The lowest BCUT2D eigenvalue weighted by atomic mass is 10.1. The van der Waals surface area contributed by atoms with Gasteiger partial charge in [0.25, 0.3) is 0 Å². The Morgan fingerprint density at radius 2 is 1.86 bits per heavy atom. The zero-order valence-electron chi connectivity index (χ0n) is 8.35. The number of halogens is 2. The van der Waals surface area contributed by atoms with E-state index in [2.05, 4.69) is 38.8 Å². The SMILES string of the molecule is CCCCCCCC(=O)C(Br)(Br)C#N. The Bertz CT molecular complexity index is 221. The van der Waals surface area contributed by atoms with Crippen molar-refractivity contribution in [1.82, 2.24) is 0 Å². The molecule has 0 aromatic rings. The molecule has 80 valence electrons. The Morgan fingerprint density at radius 1 is 1.29 bits per heavy atom. The molecule has 0 saturated heterocycles. The van der Waals surface area contributed by atoms with Crippen molar-refractivity contribution < 1.29 is 4.79 Å². The van der Waals surface area contributed by atoms with Gasteiger partial charge in [0, 0.05) is 6.42 Å². The second kappa shape index (κ2) is 7.42. The molecule has 0 bridgehead atoms. The third-order valence-electron chi connectivity index (χ3n) is 2.00. The highest BCUT2D eigenvalue weighted by molar-refractivity contribution is 9.26. The van der Waals surface area contributed by atoms with E-state index < -0.39 is 3.23 Å². The first-order valence-electron chi connectivity index (χ1n) is 4.87. The highest BCUT2D eigenvalue weighted by Crippen LogP contribution is 2.28. The normalized spacial score (nSPS) is 11.0. The van der Waals surface area contributed by atoms with Gasteiger partial charge in [-0.25, -0.2) is 0 Å². The summed E-state index contributed by atoms with van der Waals surface area (Å²) in [6, 6.07) is 1.88. The lowest BCUT2D eigenvalue weighted by Crippen LogP contribution is -2.22. The highest BCUT2D eigenvalue weighted by Gasteiger charge is 2.30. The first-order chi connectivity index (χ1) is 6.54. The van der Waals surface area contributed by atoms with Gasteiger partial charge in [-0.15, -0.1) is 0 Å². The fourth-order valence-electron chi connectivity index (χ4n) is 1.11. The van der Waals surface area contributed by atoms with Crippen molar-refractivity contribution in [3.63, 3.8) is 0 Å². The number of carbonyl (C=O) groups excluding carboxylic acids is 1. The number of hydrogen-bond donors (Lipinski definition) is 0. The van der Waals surface area contributed by atoms with Crippen LogP contribution in [-0.4, -0.2) is 9.02 Å². The zero-order valence-corrected chi connectivity index (χ0v) is 11.5. The summed E-state index contributed by atoms with van der Waals surface area (Å²) in [6.07, 6.45) is 6.01. The summed E-state index contributed by atoms with van der Waals surface area (Å²) in [7, 11) is 0. The summed E-state index contributed by atoms with van der Waals surface area (Å²) in [5, 5.41) is 8.64. The van der Waals surface area contributed by atoms with Crippen molar-refractivity contribution in [3.05, 3.63) is 0 Å². The van der Waals surface area contributed by atoms with Crippen LogP contribution in [0.25, 0.3) is 0 Å². The molecule has 0 aliphatic heterocycles. The van der Waals surface area contributed by atoms with Crippen molar-refractivity contribution >= 4 is 37.6 Å². The smallest absolute Gasteiger partial charge is 0.223 e. The van der Waals surface area contributed by atoms with Gasteiger partial charge in [-0.05, 0) is 38.3 Å². The number of ketones is 1. The van der Waals surface area contributed by atoms with Gasteiger partial charge in [-0.3, -0.25) is 4.79 Å². The molecule has 0 radical (unpaired) electrons. The Labute approximate surface area is 102 Å². The fourth-order valence-corrected chi connectivity index (χ4v) is 1.50. The van der Waals surface area contributed by atoms with E-state index in [1.807, 2.05) is 6.07 Å². The molecule has 0 aromatic heterocycles. The number of carbonyl (C=O) groups is 1. The standard InChI is InChI=1S/C10H15Br2NO/c1-2-3-4-5-6-7-9(14)10(11,12)8-13/h2-7H2,1H3. The molecule has 0 atom stereocenters. The first kappa shape index (κ1) is 14.1. The Hall–Kier alpha value is 0.120. The molecule has 0 saturated carbocycles. The van der Waals surface area contributed by atoms with Crippen LogP contribution >= 0.6 is 31.9 Å². The number of rotatable bonds is 7. The second-order valence-electron chi connectivity index (χ2n) is 3.27. The monoisotopic (exact) mass is 323 g/mol. The average molecular weight is 325 g/mol. The van der Waals surface area contributed by atoms with Gasteiger partial charge in [-0.2, -0.15) is 5.26 Å². The van der Waals surface area contributed by atoms with Gasteiger partial charge in [-0.1, -0.05) is 32.6 Å². The van der Waals surface area contributed by atoms with E-state index in [4.69, 9.17) is 5.26 Å². The van der Waals surface area contributed by atoms with Crippen LogP contribution in [0.3, 0.4) is 0 Å². The van der Waals surface area contributed by atoms with Crippen LogP contribution in [0.2, 0.25) is 0 Å². The second-order valence-corrected chi connectivity index (χ2v) is 6.72. The quantitative estimate of drug-likeness (QED) is 0.526. The third kappa shape index (κ3) is 5.77. The maximum Gasteiger partial charge on any atom is 0.223 e. The summed E-state index contributed by atoms with van der Waals surface area (Å²) in [4.78, 5) is 11.4. The van der Waals surface area contributed by atoms with Crippen LogP contribution in [0, 0.1) is 11.3 Å². The van der Waals surface area contributed by atoms with E-state index >= 15 is 0 Å². The van der Waals surface area contributed by atoms with Crippen molar-refractivity contribution in [3.8, 4) is 6.07 Å². The molecule has 2 nitrogen and oxygen atoms in total. The molecule has 4 heteroatoms. The topological polar surface area (TPSA) is 40.9 Å². The van der Waals surface area contributed by atoms with Crippen LogP contribution in [-0.2, 0) is 4.79 Å². The summed E-state index contributed by atoms with van der Waals surface area (Å²) >= 11 is 6.07. The summed E-state index contributed by atoms with van der Waals surface area (Å²) in [6.45, 7) is 2.16. The molecule has 0 aromatic carbocycles. The maximum absolute atomic E-state index is 11.4. The molecule has 0 spiro atoms. The van der Waals surface area contributed by atoms with Crippen LogP contribution in [0.1, 0.15) is 45.4 Å². The Kier molecular flexibility index (Phi) is 7.48. The van der Waals surface area contributed by atoms with E-state index in [-0.39, 0.29) is 5.78 Å². The van der Waals surface area contributed by atoms with E-state index in [1.165, 1.54) is 19.3 Å². The van der Waals surface area contributed by atoms with Crippen LogP contribution in [0.15, 0.2) is 0 Å². The largest absolute Gasteiger partial charge is 0.296 e. The zero-order chi connectivity index (χ0) is 11.0. The van der Waals surface area contributed by atoms with Gasteiger partial charge in [0.2, 0.25) is 3.23 Å². The molecule has 0 unspecified atom stereocenters. The molecule has 0 rings (SSSR count). The fraction of sp³-hybridized carbons (Fsp3) is 0.800. The number of hydrogen-bond acceptors (Lipinski definition) is 2. The van der Waals surface area contributed by atoms with Gasteiger partial charge in [0.1, 0.15) is 6.07 Å². The number of nitrogens with zero attached hydrogens (tertiary/aromatic N) is 1. The van der Waals surface area contributed by atoms with Crippen molar-refractivity contribution in [2.75, 3.05) is 0 Å². The summed E-state index contributed by atoms with van der Waals surface area (Å²) in [5.74, 6) is -0.0866. The minimum Gasteiger partial charge on any atom is -0.296 e. The highest BCUT2D eigenvalue weighted by atomic mass is 79.9. The van der Waals surface area contributed by atoms with E-state index in [0.29, 0.717) is 6.42 Å². The average Bonchev–Trinajstić information content (AvgIpc) is 2.17. The minimum absolute atomic E-state index is 0.0866. The molecule has 0 aliphatic carbocycles. The summed E-state index contributed by atoms with van der Waals surface area (Å²) < 4.78 is -1.16. The number of unbranched alkanes of at least 4 members (excludes halogenated alkanes) is 4. The van der Waals surface area contributed by atoms with Crippen LogP contribution in [0.5, 0.6) is 0 Å². The van der Waals surface area contributed by atoms with E-state index in [1.54, 1.807) is 0 Å². The van der Waals surface area contributed by atoms with Crippen molar-refractivity contribution in [1.29, 1.82) is 5.26 Å². The predicted molar refractivity (Wildman–Crippen MR) is 64.6 cm³/mol. The van der Waals surface area contributed by atoms with Crippen LogP contribution in [0.4, 0.5) is 0 Å². The molecule has 0 fully saturated rings. The summed E-state index contributed by atoms with van der Waals surface area (Å²) in [5.41, 5.74) is 0. The number of alkyl halides is 2. The predicted octanol–water partition coefficient (Wildman–Crippen LogP) is 3.93. The molecular formula is C10H15Br2NO. The lowest BCUT2D eigenvalue weighted by molar-refractivity contribution is -0.118. The lowest BCUT2D eigenvalue weighted by Gasteiger charge is -2.08. The number of Topliss-reactive ketones (excluding diaryl/α,β-unsaturated/α-hetero) is 1. The van der Waals surface area contributed by atoms with Crippen LogP contribution < -0.4 is 0 Å². The third-order valence-corrected chi connectivity index (χ3v) is 3.24. The van der Waals surface area contributed by atoms with E-state index in [0.717, 1.165) is 12.8 Å². The van der Waals surface area contributed by atoms with Gasteiger partial charge >= 0.3 is 0 Å². The maximum atomic E-state index is 11.4. The first-order valence-corrected chi connectivity index (χ1v) is 6.45. The molecule has 0 aliphatic rings. The van der Waals surface area contributed by atoms with E-state index in [9.17, 15) is 4.79 Å². The Balaban J connectivity index is 3.61. The minimum atomic E-state index is -1.16. The molecular weight excluding hydrogens is 310 g/mol. The van der Waals surface area contributed by atoms with Crippen molar-refractivity contribution in [2.45, 2.75) is 48.7 Å². The van der Waals surface area contributed by atoms with Gasteiger partial charge in [0.05, 0.1) is 0 Å². The van der Waals surface area contributed by atoms with Gasteiger partial charge < -0.3 is 0 Å². The Morgan fingerprint density at radius 3 is 2.36 bits per heavy atom. The number of nitriles is 1. The molecule has 0 heterocycles. The van der Waals surface area contributed by atoms with Gasteiger partial charge in [0.15, 0.2) is 5.78 Å². The van der Waals surface area contributed by atoms with Crippen molar-refractivity contribution in [2.24, 2.45) is 0 Å². The molecule has 14 heavy (non-hydrogen) atoms.